The molecule has 1 aromatic heterocycles. The van der Waals surface area contributed by atoms with E-state index in [9.17, 15) is 4.79 Å². The smallest absolute Gasteiger partial charge is 0.186 e. The summed E-state index contributed by atoms with van der Waals surface area (Å²) in [4.78, 5) is 16.3. The molecule has 0 fully saturated rings. The first kappa shape index (κ1) is 12.7. The fraction of sp³-hybridized carbons (Fsp3) is 0.0714. The van der Waals surface area contributed by atoms with E-state index in [-0.39, 0.29) is 5.78 Å². The number of Topliss-reactive ketones (excluding diaryl/α,β-unsaturated/α-hetero) is 1. The minimum absolute atomic E-state index is 0.215. The summed E-state index contributed by atoms with van der Waals surface area (Å²) in [5, 5.41) is 9.15. The summed E-state index contributed by atoms with van der Waals surface area (Å²) in [7, 11) is 0. The molecule has 0 N–H and O–H groups in total. The Kier molecular flexibility index (Phi) is 4.05. The molecule has 0 spiro atoms. The van der Waals surface area contributed by atoms with Crippen molar-refractivity contribution in [3.8, 4) is 6.07 Å². The fourth-order valence-corrected chi connectivity index (χ4v) is 1.95. The van der Waals surface area contributed by atoms with Gasteiger partial charge in [-0.15, -0.1) is 0 Å². The molecule has 0 aliphatic heterocycles. The van der Waals surface area contributed by atoms with Gasteiger partial charge in [-0.25, -0.2) is 0 Å². The number of carbonyl (C=O) groups is 1. The molecule has 1 unspecified atom stereocenters. The van der Waals surface area contributed by atoms with Gasteiger partial charge in [0, 0.05) is 15.3 Å². The van der Waals surface area contributed by atoms with Crippen molar-refractivity contribution >= 4 is 28.4 Å². The Hall–Kier alpha value is -1.74. The predicted octanol–water partition coefficient (Wildman–Crippen LogP) is 3.18. The van der Waals surface area contributed by atoms with Crippen LogP contribution < -0.4 is 0 Å². The van der Waals surface area contributed by atoms with Gasteiger partial charge >= 0.3 is 0 Å². The number of ketones is 1. The van der Waals surface area contributed by atoms with Crippen molar-refractivity contribution in [2.75, 3.05) is 0 Å². The van der Waals surface area contributed by atoms with Gasteiger partial charge in [0.05, 0.1) is 11.8 Å². The Bertz CT molecular complexity index is 587. The second-order valence-electron chi connectivity index (χ2n) is 3.69. The highest BCUT2D eigenvalue weighted by atomic mass is 127. The number of hydrogen-bond donors (Lipinski definition) is 0. The van der Waals surface area contributed by atoms with E-state index in [2.05, 4.69) is 27.6 Å². The van der Waals surface area contributed by atoms with E-state index in [0.717, 1.165) is 3.57 Å². The summed E-state index contributed by atoms with van der Waals surface area (Å²) in [6.45, 7) is 0. The Morgan fingerprint density at radius 1 is 1.22 bits per heavy atom. The Labute approximate surface area is 119 Å². The largest absolute Gasteiger partial charge is 0.292 e. The van der Waals surface area contributed by atoms with Gasteiger partial charge in [-0.3, -0.25) is 9.78 Å². The zero-order valence-electron chi connectivity index (χ0n) is 9.38. The van der Waals surface area contributed by atoms with E-state index < -0.39 is 5.92 Å². The van der Waals surface area contributed by atoms with Crippen molar-refractivity contribution in [1.82, 2.24) is 4.98 Å². The number of benzene rings is 1. The van der Waals surface area contributed by atoms with Gasteiger partial charge in [0.15, 0.2) is 11.7 Å². The summed E-state index contributed by atoms with van der Waals surface area (Å²) in [6, 6.07) is 14.4. The number of rotatable bonds is 3. The van der Waals surface area contributed by atoms with Gasteiger partial charge in [-0.1, -0.05) is 18.2 Å². The summed E-state index contributed by atoms with van der Waals surface area (Å²) in [5.41, 5.74) is 1.02. The molecule has 4 heteroatoms. The first-order valence-corrected chi connectivity index (χ1v) is 6.40. The molecule has 0 bridgehead atoms. The number of nitriles is 1. The summed E-state index contributed by atoms with van der Waals surface area (Å²) in [6.07, 6.45) is 1.58. The van der Waals surface area contributed by atoms with Crippen LogP contribution in [0.15, 0.2) is 48.7 Å². The highest BCUT2D eigenvalue weighted by Crippen LogP contribution is 2.19. The third-order valence-corrected chi connectivity index (χ3v) is 3.22. The molecule has 2 aromatic rings. The molecule has 0 amide bonds. The average molecular weight is 348 g/mol. The van der Waals surface area contributed by atoms with Crippen LogP contribution in [-0.2, 0) is 0 Å². The van der Waals surface area contributed by atoms with Gasteiger partial charge < -0.3 is 0 Å². The third kappa shape index (κ3) is 2.74. The molecule has 1 atom stereocenters. The monoisotopic (exact) mass is 348 g/mol. The van der Waals surface area contributed by atoms with Crippen LogP contribution in [-0.4, -0.2) is 10.8 Å². The van der Waals surface area contributed by atoms with Crippen LogP contribution in [0.5, 0.6) is 0 Å². The van der Waals surface area contributed by atoms with Gasteiger partial charge in [-0.2, -0.15) is 5.26 Å². The molecule has 2 rings (SSSR count). The number of pyridine rings is 1. The topological polar surface area (TPSA) is 53.8 Å². The molecule has 0 saturated heterocycles. The Morgan fingerprint density at radius 2 is 1.94 bits per heavy atom. The quantitative estimate of drug-likeness (QED) is 0.632. The molecule has 18 heavy (non-hydrogen) atoms. The second-order valence-corrected chi connectivity index (χ2v) is 4.93. The zero-order chi connectivity index (χ0) is 13.0. The summed E-state index contributed by atoms with van der Waals surface area (Å²) < 4.78 is 1.05. The third-order valence-electron chi connectivity index (χ3n) is 2.50. The number of hydrogen-bond acceptors (Lipinski definition) is 3. The molecule has 88 valence electrons. The standard InChI is InChI=1S/C14H9IN2O/c15-11-6-4-10(5-7-11)14(18)12(9-16)13-3-1-2-8-17-13/h1-8,12H. The Morgan fingerprint density at radius 3 is 2.50 bits per heavy atom. The van der Waals surface area contributed by atoms with Crippen LogP contribution in [0.4, 0.5) is 0 Å². The van der Waals surface area contributed by atoms with Crippen molar-refractivity contribution < 1.29 is 4.79 Å². The van der Waals surface area contributed by atoms with E-state index >= 15 is 0 Å². The SMILES string of the molecule is N#CC(C(=O)c1ccc(I)cc1)c1ccccn1. The molecule has 1 aromatic carbocycles. The number of halogens is 1. The van der Waals surface area contributed by atoms with E-state index in [0.29, 0.717) is 11.3 Å². The van der Waals surface area contributed by atoms with Gasteiger partial charge in [0.1, 0.15) is 0 Å². The molecular weight excluding hydrogens is 339 g/mol. The molecule has 0 saturated carbocycles. The number of nitrogens with zero attached hydrogens (tertiary/aromatic N) is 2. The highest BCUT2D eigenvalue weighted by Gasteiger charge is 2.22. The maximum absolute atomic E-state index is 12.2. The molecule has 0 aliphatic rings. The van der Waals surface area contributed by atoms with Gasteiger partial charge in [-0.05, 0) is 46.9 Å². The number of carbonyl (C=O) groups excluding carboxylic acids is 1. The fourth-order valence-electron chi connectivity index (χ4n) is 1.59. The predicted molar refractivity (Wildman–Crippen MR) is 76.1 cm³/mol. The van der Waals surface area contributed by atoms with Crippen molar-refractivity contribution in [2.24, 2.45) is 0 Å². The molecular formula is C14H9IN2O. The summed E-state index contributed by atoms with van der Waals surface area (Å²) in [5.74, 6) is -1.06. The lowest BCUT2D eigenvalue weighted by molar-refractivity contribution is 0.0977. The molecule has 3 nitrogen and oxygen atoms in total. The van der Waals surface area contributed by atoms with Crippen LogP contribution in [0.2, 0.25) is 0 Å². The highest BCUT2D eigenvalue weighted by molar-refractivity contribution is 14.1. The molecule has 0 aliphatic carbocycles. The Balaban J connectivity index is 2.32. The van der Waals surface area contributed by atoms with Gasteiger partial charge in [0.25, 0.3) is 0 Å². The second kappa shape index (κ2) is 5.74. The lowest BCUT2D eigenvalue weighted by Gasteiger charge is -2.07. The average Bonchev–Trinajstić information content (AvgIpc) is 2.41. The maximum atomic E-state index is 12.2. The van der Waals surface area contributed by atoms with E-state index in [4.69, 9.17) is 5.26 Å². The first-order chi connectivity index (χ1) is 8.72. The van der Waals surface area contributed by atoms with Crippen molar-refractivity contribution in [2.45, 2.75) is 5.92 Å². The lowest BCUT2D eigenvalue weighted by atomic mass is 9.95. The van der Waals surface area contributed by atoms with Crippen LogP contribution in [0.1, 0.15) is 22.0 Å². The van der Waals surface area contributed by atoms with Crippen LogP contribution >= 0.6 is 22.6 Å². The molecule has 1 heterocycles. The minimum Gasteiger partial charge on any atom is -0.292 e. The van der Waals surface area contributed by atoms with Crippen molar-refractivity contribution in [1.29, 1.82) is 5.26 Å². The number of aromatic nitrogens is 1. The van der Waals surface area contributed by atoms with E-state index in [1.165, 1.54) is 0 Å². The normalized spacial score (nSPS) is 11.6. The van der Waals surface area contributed by atoms with Crippen molar-refractivity contribution in [3.05, 3.63) is 63.5 Å². The molecule has 0 radical (unpaired) electrons. The van der Waals surface area contributed by atoms with E-state index in [1.807, 2.05) is 18.2 Å². The zero-order valence-corrected chi connectivity index (χ0v) is 11.5. The van der Waals surface area contributed by atoms with Crippen LogP contribution in [0, 0.1) is 14.9 Å². The maximum Gasteiger partial charge on any atom is 0.186 e. The first-order valence-electron chi connectivity index (χ1n) is 5.32. The van der Waals surface area contributed by atoms with Crippen LogP contribution in [0.3, 0.4) is 0 Å². The van der Waals surface area contributed by atoms with Gasteiger partial charge in [0.2, 0.25) is 0 Å². The minimum atomic E-state index is -0.841. The lowest BCUT2D eigenvalue weighted by Crippen LogP contribution is -2.12. The van der Waals surface area contributed by atoms with Crippen molar-refractivity contribution in [3.63, 3.8) is 0 Å². The van der Waals surface area contributed by atoms with E-state index in [1.54, 1.807) is 36.5 Å². The summed E-state index contributed by atoms with van der Waals surface area (Å²) >= 11 is 2.17. The van der Waals surface area contributed by atoms with Crippen LogP contribution in [0.25, 0.3) is 0 Å².